The van der Waals surface area contributed by atoms with Crippen LogP contribution in [0.3, 0.4) is 0 Å². The Morgan fingerprint density at radius 3 is 2.46 bits per heavy atom. The number of thiazole rings is 1. The lowest BCUT2D eigenvalue weighted by atomic mass is 10.2. The van der Waals surface area contributed by atoms with Crippen LogP contribution in [0.5, 0.6) is 0 Å². The molecular formula is C17H13ClF2N2O2S2. The van der Waals surface area contributed by atoms with Crippen LogP contribution >= 0.6 is 22.9 Å². The van der Waals surface area contributed by atoms with E-state index in [-0.39, 0.29) is 10.6 Å². The number of anilines is 1. The third-order valence-electron chi connectivity index (χ3n) is 3.68. The summed E-state index contributed by atoms with van der Waals surface area (Å²) in [4.78, 5) is 4.02. The maximum Gasteiger partial charge on any atom is 0.265 e. The summed E-state index contributed by atoms with van der Waals surface area (Å²) in [5.74, 6) is -1.60. The molecule has 0 amide bonds. The number of nitrogens with zero attached hydrogens (tertiary/aromatic N) is 2. The lowest BCUT2D eigenvalue weighted by Crippen LogP contribution is -2.34. The molecule has 0 aliphatic carbocycles. The Labute approximate surface area is 158 Å². The van der Waals surface area contributed by atoms with Crippen LogP contribution in [0, 0.1) is 11.6 Å². The van der Waals surface area contributed by atoms with Crippen molar-refractivity contribution in [3.63, 3.8) is 0 Å². The van der Waals surface area contributed by atoms with Crippen LogP contribution in [0.4, 0.5) is 14.5 Å². The van der Waals surface area contributed by atoms with Gasteiger partial charge < -0.3 is 0 Å². The first kappa shape index (κ1) is 18.8. The van der Waals surface area contributed by atoms with Crippen LogP contribution in [-0.4, -0.2) is 13.4 Å². The fourth-order valence-corrected chi connectivity index (χ4v) is 4.96. The van der Waals surface area contributed by atoms with E-state index in [1.54, 1.807) is 12.3 Å². The Balaban J connectivity index is 2.20. The van der Waals surface area contributed by atoms with Gasteiger partial charge in [0.25, 0.3) is 10.0 Å². The third-order valence-corrected chi connectivity index (χ3v) is 6.77. The molecule has 0 saturated heterocycles. The van der Waals surface area contributed by atoms with E-state index in [4.69, 9.17) is 11.6 Å². The number of benzene rings is 2. The zero-order chi connectivity index (χ0) is 18.9. The van der Waals surface area contributed by atoms with Gasteiger partial charge in [-0.1, -0.05) is 11.6 Å². The van der Waals surface area contributed by atoms with Crippen molar-refractivity contribution in [1.29, 1.82) is 0 Å². The van der Waals surface area contributed by atoms with Gasteiger partial charge in [-0.3, -0.25) is 4.31 Å². The van der Waals surface area contributed by atoms with Crippen molar-refractivity contribution < 1.29 is 17.2 Å². The van der Waals surface area contributed by atoms with E-state index in [9.17, 15) is 17.2 Å². The highest BCUT2D eigenvalue weighted by molar-refractivity contribution is 7.92. The highest BCUT2D eigenvalue weighted by Gasteiger charge is 2.33. The molecule has 26 heavy (non-hydrogen) atoms. The number of sulfonamides is 1. The van der Waals surface area contributed by atoms with E-state index in [0.717, 1.165) is 22.5 Å². The Morgan fingerprint density at radius 2 is 1.85 bits per heavy atom. The molecule has 1 heterocycles. The van der Waals surface area contributed by atoms with Crippen LogP contribution in [0.15, 0.2) is 58.9 Å². The predicted octanol–water partition coefficient (Wildman–Crippen LogP) is 5.03. The van der Waals surface area contributed by atoms with E-state index in [0.29, 0.717) is 10.0 Å². The summed E-state index contributed by atoms with van der Waals surface area (Å²) in [6, 6.07) is 7.31. The van der Waals surface area contributed by atoms with Crippen LogP contribution < -0.4 is 4.31 Å². The molecule has 0 N–H and O–H groups in total. The molecule has 3 aromatic rings. The van der Waals surface area contributed by atoms with E-state index in [2.05, 4.69) is 4.98 Å². The van der Waals surface area contributed by atoms with Gasteiger partial charge in [-0.2, -0.15) is 0 Å². The summed E-state index contributed by atoms with van der Waals surface area (Å²) < 4.78 is 55.4. The second kappa shape index (κ2) is 7.30. The zero-order valence-corrected chi connectivity index (χ0v) is 15.8. The summed E-state index contributed by atoms with van der Waals surface area (Å²) in [6.07, 6.45) is 1.52. The Bertz CT molecular complexity index is 1010. The molecule has 0 radical (unpaired) electrons. The van der Waals surface area contributed by atoms with E-state index >= 15 is 0 Å². The predicted molar refractivity (Wildman–Crippen MR) is 98.0 cm³/mol. The van der Waals surface area contributed by atoms with Crippen molar-refractivity contribution in [2.45, 2.75) is 17.9 Å². The Kier molecular flexibility index (Phi) is 5.27. The SMILES string of the molecule is CC(c1nccs1)N(c1cc(F)ccc1F)S(=O)(=O)c1ccc(Cl)cc1. The molecule has 0 saturated carbocycles. The molecule has 0 aliphatic heterocycles. The van der Waals surface area contributed by atoms with E-state index in [1.165, 1.54) is 41.8 Å². The average molecular weight is 415 g/mol. The first-order chi connectivity index (χ1) is 12.3. The van der Waals surface area contributed by atoms with Crippen LogP contribution in [0.25, 0.3) is 0 Å². The largest absolute Gasteiger partial charge is 0.265 e. The first-order valence-corrected chi connectivity index (χ1v) is 10.1. The van der Waals surface area contributed by atoms with Crippen molar-refractivity contribution >= 4 is 38.6 Å². The van der Waals surface area contributed by atoms with Crippen LogP contribution in [0.1, 0.15) is 18.0 Å². The molecule has 3 rings (SSSR count). The van der Waals surface area contributed by atoms with Crippen molar-refractivity contribution in [3.05, 3.63) is 75.7 Å². The van der Waals surface area contributed by atoms with Crippen LogP contribution in [0.2, 0.25) is 5.02 Å². The van der Waals surface area contributed by atoms with Crippen LogP contribution in [-0.2, 0) is 10.0 Å². The topological polar surface area (TPSA) is 50.3 Å². The summed E-state index contributed by atoms with van der Waals surface area (Å²) in [5, 5.41) is 2.49. The summed E-state index contributed by atoms with van der Waals surface area (Å²) in [5.41, 5.74) is -0.386. The minimum absolute atomic E-state index is 0.0889. The van der Waals surface area contributed by atoms with Crippen molar-refractivity contribution in [2.24, 2.45) is 0 Å². The van der Waals surface area contributed by atoms with Crippen molar-refractivity contribution in [3.8, 4) is 0 Å². The van der Waals surface area contributed by atoms with Gasteiger partial charge >= 0.3 is 0 Å². The van der Waals surface area contributed by atoms with Gasteiger partial charge in [-0.05, 0) is 43.3 Å². The molecule has 4 nitrogen and oxygen atoms in total. The summed E-state index contributed by atoms with van der Waals surface area (Å²) >= 11 is 7.05. The maximum absolute atomic E-state index is 14.4. The van der Waals surface area contributed by atoms with Gasteiger partial charge in [0.2, 0.25) is 0 Å². The van der Waals surface area contributed by atoms with Gasteiger partial charge in [0.15, 0.2) is 0 Å². The molecule has 2 aromatic carbocycles. The molecule has 1 unspecified atom stereocenters. The Hall–Kier alpha value is -2.03. The number of rotatable bonds is 5. The molecule has 0 fully saturated rings. The number of hydrogen-bond donors (Lipinski definition) is 0. The van der Waals surface area contributed by atoms with Gasteiger partial charge in [-0.25, -0.2) is 22.2 Å². The van der Waals surface area contributed by atoms with Crippen molar-refractivity contribution in [1.82, 2.24) is 4.98 Å². The average Bonchev–Trinajstić information content (AvgIpc) is 3.13. The van der Waals surface area contributed by atoms with Crippen molar-refractivity contribution in [2.75, 3.05) is 4.31 Å². The van der Waals surface area contributed by atoms with Gasteiger partial charge in [-0.15, -0.1) is 11.3 Å². The second-order valence-electron chi connectivity index (χ2n) is 5.40. The summed E-state index contributed by atoms with van der Waals surface area (Å²) in [7, 11) is -4.20. The fraction of sp³-hybridized carbons (Fsp3) is 0.118. The minimum Gasteiger partial charge on any atom is -0.254 e. The normalized spacial score (nSPS) is 12.8. The molecule has 1 atom stereocenters. The lowest BCUT2D eigenvalue weighted by molar-refractivity contribution is 0.570. The highest BCUT2D eigenvalue weighted by atomic mass is 35.5. The monoisotopic (exact) mass is 414 g/mol. The summed E-state index contributed by atoms with van der Waals surface area (Å²) in [6.45, 7) is 1.57. The third kappa shape index (κ3) is 3.58. The van der Waals surface area contributed by atoms with Gasteiger partial charge in [0.05, 0.1) is 16.6 Å². The molecule has 9 heteroatoms. The highest BCUT2D eigenvalue weighted by Crippen LogP contribution is 2.36. The van der Waals surface area contributed by atoms with Gasteiger partial charge in [0, 0.05) is 22.7 Å². The second-order valence-corrected chi connectivity index (χ2v) is 8.57. The maximum atomic E-state index is 14.4. The number of aromatic nitrogens is 1. The molecule has 0 aliphatic rings. The molecule has 136 valence electrons. The fourth-order valence-electron chi connectivity index (χ4n) is 2.46. The first-order valence-electron chi connectivity index (χ1n) is 7.45. The molecule has 1 aromatic heterocycles. The number of hydrogen-bond acceptors (Lipinski definition) is 4. The van der Waals surface area contributed by atoms with Gasteiger partial charge in [0.1, 0.15) is 16.6 Å². The standard InChI is InChI=1S/C17H13ClF2N2O2S2/c1-11(17-21-8-9-25-17)22(16-10-13(19)4-7-15(16)20)26(23,24)14-5-2-12(18)3-6-14/h2-11H,1H3. The number of halogens is 3. The molecule has 0 spiro atoms. The zero-order valence-electron chi connectivity index (χ0n) is 13.4. The van der Waals surface area contributed by atoms with E-state index in [1.807, 2.05) is 0 Å². The lowest BCUT2D eigenvalue weighted by Gasteiger charge is -2.29. The smallest absolute Gasteiger partial charge is 0.254 e. The minimum atomic E-state index is -4.20. The molecular weight excluding hydrogens is 402 g/mol. The Morgan fingerprint density at radius 1 is 1.15 bits per heavy atom. The quantitative estimate of drug-likeness (QED) is 0.588. The van der Waals surface area contributed by atoms with E-state index < -0.39 is 27.7 Å². The molecule has 0 bridgehead atoms.